The minimum absolute atomic E-state index is 0.134. The lowest BCUT2D eigenvalue weighted by Gasteiger charge is -2.23. The van der Waals surface area contributed by atoms with Gasteiger partial charge in [-0.25, -0.2) is 0 Å². The van der Waals surface area contributed by atoms with Crippen LogP contribution < -0.4 is 4.90 Å². The van der Waals surface area contributed by atoms with E-state index in [-0.39, 0.29) is 11.8 Å². The van der Waals surface area contributed by atoms with E-state index in [1.165, 1.54) is 0 Å². The molecule has 0 saturated carbocycles. The number of hydrogen-bond donors (Lipinski definition) is 0. The first-order valence-corrected chi connectivity index (χ1v) is 7.75. The third-order valence-corrected chi connectivity index (χ3v) is 4.86. The van der Waals surface area contributed by atoms with E-state index in [4.69, 9.17) is 0 Å². The molecule has 2 aliphatic rings. The molecule has 1 saturated heterocycles. The van der Waals surface area contributed by atoms with Gasteiger partial charge in [0.05, 0.1) is 5.41 Å². The third-order valence-electron chi connectivity index (χ3n) is 4.86. The summed E-state index contributed by atoms with van der Waals surface area (Å²) in [6.45, 7) is 3.32. The number of likely N-dealkylation sites (N-methyl/N-ethyl adjacent to an activating group) is 1. The average molecular weight is 286 g/mol. The smallest absolute Gasteiger partial charge is 0.239 e. The summed E-state index contributed by atoms with van der Waals surface area (Å²) in [5.74, 6) is 0.322. The van der Waals surface area contributed by atoms with Crippen LogP contribution in [0.5, 0.6) is 0 Å². The van der Waals surface area contributed by atoms with Crippen molar-refractivity contribution in [2.24, 2.45) is 0 Å². The molecule has 0 N–H and O–H groups in total. The molecule has 2 amide bonds. The molecule has 1 fully saturated rings. The van der Waals surface area contributed by atoms with Gasteiger partial charge in [-0.15, -0.1) is 0 Å². The molecule has 0 aromatic heterocycles. The largest absolute Gasteiger partial charge is 0.341 e. The quantitative estimate of drug-likeness (QED) is 0.855. The molecular formula is C17H22N2O2. The van der Waals surface area contributed by atoms with Gasteiger partial charge < -0.3 is 9.80 Å². The Morgan fingerprint density at radius 1 is 1.33 bits per heavy atom. The van der Waals surface area contributed by atoms with Crippen molar-refractivity contribution in [3.8, 4) is 0 Å². The van der Waals surface area contributed by atoms with Gasteiger partial charge in [0.15, 0.2) is 0 Å². The normalized spacial score (nSPS) is 24.0. The Hall–Kier alpha value is -1.84. The number of benzene rings is 1. The first-order valence-electron chi connectivity index (χ1n) is 7.75. The second-order valence-corrected chi connectivity index (χ2v) is 6.13. The lowest BCUT2D eigenvalue weighted by molar-refractivity contribution is -0.130. The molecule has 21 heavy (non-hydrogen) atoms. The highest BCUT2D eigenvalue weighted by molar-refractivity contribution is 6.08. The van der Waals surface area contributed by atoms with Gasteiger partial charge in [0.2, 0.25) is 11.8 Å². The number of amides is 2. The highest BCUT2D eigenvalue weighted by Crippen LogP contribution is 2.46. The predicted octanol–water partition coefficient (Wildman–Crippen LogP) is 2.32. The molecule has 2 heterocycles. The zero-order chi connectivity index (χ0) is 15.0. The van der Waals surface area contributed by atoms with Gasteiger partial charge in [-0.05, 0) is 24.5 Å². The zero-order valence-corrected chi connectivity index (χ0v) is 12.8. The number of hydrogen-bond acceptors (Lipinski definition) is 2. The summed E-state index contributed by atoms with van der Waals surface area (Å²) >= 11 is 0. The fourth-order valence-electron chi connectivity index (χ4n) is 3.62. The Morgan fingerprint density at radius 3 is 2.86 bits per heavy atom. The van der Waals surface area contributed by atoms with Gasteiger partial charge in [-0.1, -0.05) is 31.5 Å². The van der Waals surface area contributed by atoms with Gasteiger partial charge in [0.25, 0.3) is 0 Å². The summed E-state index contributed by atoms with van der Waals surface area (Å²) < 4.78 is 0. The fourth-order valence-corrected chi connectivity index (χ4v) is 3.62. The number of unbranched alkanes of at least 4 members (excludes halogenated alkanes) is 1. The number of rotatable bonds is 3. The first kappa shape index (κ1) is 14.1. The molecule has 0 aliphatic carbocycles. The number of nitrogens with zero attached hydrogens (tertiary/aromatic N) is 2. The molecule has 0 unspecified atom stereocenters. The second kappa shape index (κ2) is 5.17. The molecule has 0 bridgehead atoms. The van der Waals surface area contributed by atoms with Gasteiger partial charge in [0.1, 0.15) is 0 Å². The molecule has 1 atom stereocenters. The van der Waals surface area contributed by atoms with E-state index < -0.39 is 5.41 Å². The molecule has 1 aromatic carbocycles. The van der Waals surface area contributed by atoms with Crippen molar-refractivity contribution in [1.82, 2.24) is 4.90 Å². The van der Waals surface area contributed by atoms with Crippen molar-refractivity contribution >= 4 is 17.5 Å². The lowest BCUT2D eigenvalue weighted by Crippen LogP contribution is -2.42. The number of carbonyl (C=O) groups excluding carboxylic acids is 2. The summed E-state index contributed by atoms with van der Waals surface area (Å²) in [5.41, 5.74) is 1.57. The molecule has 1 spiro atoms. The van der Waals surface area contributed by atoms with E-state index in [1.54, 1.807) is 4.90 Å². The van der Waals surface area contributed by atoms with Crippen LogP contribution in [0.25, 0.3) is 0 Å². The van der Waals surface area contributed by atoms with Crippen molar-refractivity contribution in [2.75, 3.05) is 25.0 Å². The van der Waals surface area contributed by atoms with Gasteiger partial charge in [-0.2, -0.15) is 0 Å². The van der Waals surface area contributed by atoms with E-state index >= 15 is 0 Å². The summed E-state index contributed by atoms with van der Waals surface area (Å²) in [5, 5.41) is 0. The fraction of sp³-hybridized carbons (Fsp3) is 0.529. The van der Waals surface area contributed by atoms with Crippen LogP contribution in [0.1, 0.15) is 38.2 Å². The van der Waals surface area contributed by atoms with E-state index in [1.807, 2.05) is 36.2 Å². The molecule has 2 aliphatic heterocycles. The Kier molecular flexibility index (Phi) is 3.47. The molecule has 112 valence electrons. The van der Waals surface area contributed by atoms with Crippen LogP contribution in [0, 0.1) is 0 Å². The highest BCUT2D eigenvalue weighted by atomic mass is 16.2. The standard InChI is InChI=1S/C17H22N2O2/c1-3-4-9-15(20)19-11-10-17(12-19)13-7-5-6-8-14(13)18(2)16(17)21/h5-8H,3-4,9-12H2,1-2H3/t17-/m1/s1. The maximum atomic E-state index is 12.8. The average Bonchev–Trinajstić information content (AvgIpc) is 3.04. The van der Waals surface area contributed by atoms with E-state index in [0.717, 1.165) is 30.5 Å². The number of para-hydroxylation sites is 1. The van der Waals surface area contributed by atoms with E-state index in [0.29, 0.717) is 19.5 Å². The Morgan fingerprint density at radius 2 is 2.10 bits per heavy atom. The van der Waals surface area contributed by atoms with Crippen LogP contribution >= 0.6 is 0 Å². The van der Waals surface area contributed by atoms with Gasteiger partial charge in [-0.3, -0.25) is 9.59 Å². The predicted molar refractivity (Wildman–Crippen MR) is 82.3 cm³/mol. The molecule has 1 aromatic rings. The van der Waals surface area contributed by atoms with Crippen LogP contribution in [-0.2, 0) is 15.0 Å². The van der Waals surface area contributed by atoms with Crippen LogP contribution in [0.15, 0.2) is 24.3 Å². The van der Waals surface area contributed by atoms with Crippen molar-refractivity contribution in [3.05, 3.63) is 29.8 Å². The van der Waals surface area contributed by atoms with Crippen LogP contribution in [0.2, 0.25) is 0 Å². The van der Waals surface area contributed by atoms with E-state index in [9.17, 15) is 9.59 Å². The van der Waals surface area contributed by atoms with Gasteiger partial charge in [0, 0.05) is 32.2 Å². The first-order chi connectivity index (χ1) is 10.1. The van der Waals surface area contributed by atoms with Crippen LogP contribution in [0.4, 0.5) is 5.69 Å². The summed E-state index contributed by atoms with van der Waals surface area (Å²) in [6, 6.07) is 7.97. The lowest BCUT2D eigenvalue weighted by atomic mass is 9.81. The molecular weight excluding hydrogens is 264 g/mol. The highest BCUT2D eigenvalue weighted by Gasteiger charge is 2.53. The Balaban J connectivity index is 1.87. The Labute approximate surface area is 125 Å². The Bertz CT molecular complexity index is 584. The molecule has 4 heteroatoms. The SMILES string of the molecule is CCCCC(=O)N1CC[C@]2(C1)C(=O)N(C)c1ccccc12. The summed E-state index contributed by atoms with van der Waals surface area (Å²) in [4.78, 5) is 28.6. The van der Waals surface area contributed by atoms with Crippen molar-refractivity contribution in [2.45, 2.75) is 38.0 Å². The summed E-state index contributed by atoms with van der Waals surface area (Å²) in [7, 11) is 1.83. The maximum absolute atomic E-state index is 12.8. The van der Waals surface area contributed by atoms with Gasteiger partial charge >= 0.3 is 0 Å². The van der Waals surface area contributed by atoms with Crippen molar-refractivity contribution in [1.29, 1.82) is 0 Å². The molecule has 3 rings (SSSR count). The minimum atomic E-state index is -0.507. The van der Waals surface area contributed by atoms with E-state index in [2.05, 4.69) is 6.92 Å². The number of likely N-dealkylation sites (tertiary alicyclic amines) is 1. The van der Waals surface area contributed by atoms with Crippen molar-refractivity contribution in [3.63, 3.8) is 0 Å². The number of fused-ring (bicyclic) bond motifs is 2. The minimum Gasteiger partial charge on any atom is -0.341 e. The zero-order valence-electron chi connectivity index (χ0n) is 12.8. The van der Waals surface area contributed by atoms with Crippen LogP contribution in [-0.4, -0.2) is 36.9 Å². The molecule has 0 radical (unpaired) electrons. The summed E-state index contributed by atoms with van der Waals surface area (Å²) in [6.07, 6.45) is 3.28. The van der Waals surface area contributed by atoms with Crippen molar-refractivity contribution < 1.29 is 9.59 Å². The van der Waals surface area contributed by atoms with Crippen LogP contribution in [0.3, 0.4) is 0 Å². The topological polar surface area (TPSA) is 40.6 Å². The monoisotopic (exact) mass is 286 g/mol. The number of anilines is 1. The third kappa shape index (κ3) is 2.04. The molecule has 4 nitrogen and oxygen atoms in total. The second-order valence-electron chi connectivity index (χ2n) is 6.13. The number of carbonyl (C=O) groups is 2. The maximum Gasteiger partial charge on any atom is 0.239 e.